The quantitative estimate of drug-likeness (QED) is 0.505. The van der Waals surface area contributed by atoms with Gasteiger partial charge < -0.3 is 4.74 Å². The highest BCUT2D eigenvalue weighted by Crippen LogP contribution is 2.16. The van der Waals surface area contributed by atoms with Crippen LogP contribution in [0.4, 0.5) is 10.5 Å². The van der Waals surface area contributed by atoms with Crippen LogP contribution in [0, 0.1) is 0 Å². The molecule has 1 amide bonds. The highest BCUT2D eigenvalue weighted by atomic mass is 16.6. The molecule has 0 aliphatic rings. The molecule has 7 heteroatoms. The van der Waals surface area contributed by atoms with Gasteiger partial charge in [0.25, 0.3) is 0 Å². The van der Waals surface area contributed by atoms with Gasteiger partial charge in [-0.3, -0.25) is 10.3 Å². The minimum atomic E-state index is -0.567. The van der Waals surface area contributed by atoms with Crippen LogP contribution in [0.5, 0.6) is 0 Å². The number of aromatic nitrogens is 1. The fourth-order valence-electron chi connectivity index (χ4n) is 1.20. The minimum Gasteiger partial charge on any atom is -0.444 e. The summed E-state index contributed by atoms with van der Waals surface area (Å²) in [5.74, 6) is 0. The number of hydrogen-bond acceptors (Lipinski definition) is 4. The average Bonchev–Trinajstić information content (AvgIpc) is 2.25. The van der Waals surface area contributed by atoms with Gasteiger partial charge >= 0.3 is 6.09 Å². The molecule has 0 atom stereocenters. The van der Waals surface area contributed by atoms with Crippen molar-refractivity contribution in [2.24, 2.45) is 5.11 Å². The van der Waals surface area contributed by atoms with Gasteiger partial charge in [-0.15, -0.1) is 0 Å². The third-order valence-corrected chi connectivity index (χ3v) is 1.84. The lowest BCUT2D eigenvalue weighted by Crippen LogP contribution is -2.27. The van der Waals surface area contributed by atoms with Gasteiger partial charge in [0.05, 0.1) is 12.2 Å². The van der Waals surface area contributed by atoms with Crippen LogP contribution in [-0.2, 0) is 11.3 Å². The van der Waals surface area contributed by atoms with E-state index in [0.29, 0.717) is 11.3 Å². The number of amides is 1. The Bertz CT molecular complexity index is 475. The standard InChI is InChI=1S/C11H15N5O2/c1-11(2,3)18-10(17)15-9-4-5-13-6-8(9)7-14-16-12/h4-6H,7H2,1-3H3,(H,13,15,17). The molecule has 0 saturated heterocycles. The molecule has 1 aromatic heterocycles. The maximum atomic E-state index is 11.6. The molecule has 0 aliphatic heterocycles. The third kappa shape index (κ3) is 4.71. The van der Waals surface area contributed by atoms with Crippen LogP contribution in [0.25, 0.3) is 10.4 Å². The van der Waals surface area contributed by atoms with E-state index < -0.39 is 11.7 Å². The number of nitrogens with zero attached hydrogens (tertiary/aromatic N) is 4. The number of rotatable bonds is 3. The number of carbonyl (C=O) groups is 1. The van der Waals surface area contributed by atoms with Crippen molar-refractivity contribution in [1.82, 2.24) is 4.98 Å². The first-order valence-corrected chi connectivity index (χ1v) is 5.36. The van der Waals surface area contributed by atoms with Crippen LogP contribution in [0.1, 0.15) is 26.3 Å². The van der Waals surface area contributed by atoms with Crippen molar-refractivity contribution in [1.29, 1.82) is 0 Å². The lowest BCUT2D eigenvalue weighted by Gasteiger charge is -2.20. The van der Waals surface area contributed by atoms with Crippen LogP contribution in [0.3, 0.4) is 0 Å². The Morgan fingerprint density at radius 2 is 2.33 bits per heavy atom. The molecule has 0 aromatic carbocycles. The van der Waals surface area contributed by atoms with Crippen LogP contribution < -0.4 is 5.32 Å². The first-order chi connectivity index (χ1) is 8.42. The van der Waals surface area contributed by atoms with E-state index in [0.717, 1.165) is 0 Å². The predicted molar refractivity (Wildman–Crippen MR) is 66.9 cm³/mol. The summed E-state index contributed by atoms with van der Waals surface area (Å²) >= 11 is 0. The first-order valence-electron chi connectivity index (χ1n) is 5.36. The molecular weight excluding hydrogens is 234 g/mol. The number of azide groups is 1. The van der Waals surface area contributed by atoms with E-state index >= 15 is 0 Å². The summed E-state index contributed by atoms with van der Waals surface area (Å²) in [5, 5.41) is 6.02. The Morgan fingerprint density at radius 1 is 1.61 bits per heavy atom. The van der Waals surface area contributed by atoms with Crippen molar-refractivity contribution in [3.8, 4) is 0 Å². The van der Waals surface area contributed by atoms with E-state index in [1.807, 2.05) is 0 Å². The summed E-state index contributed by atoms with van der Waals surface area (Å²) in [6.45, 7) is 5.45. The summed E-state index contributed by atoms with van der Waals surface area (Å²) in [4.78, 5) is 18.2. The van der Waals surface area contributed by atoms with Crippen molar-refractivity contribution in [3.63, 3.8) is 0 Å². The summed E-state index contributed by atoms with van der Waals surface area (Å²) < 4.78 is 5.13. The Morgan fingerprint density at radius 3 is 2.94 bits per heavy atom. The van der Waals surface area contributed by atoms with E-state index in [1.165, 1.54) is 12.4 Å². The number of nitrogens with one attached hydrogen (secondary N) is 1. The van der Waals surface area contributed by atoms with Crippen LogP contribution >= 0.6 is 0 Å². The molecule has 0 radical (unpaired) electrons. The molecule has 0 aliphatic carbocycles. The highest BCUT2D eigenvalue weighted by Gasteiger charge is 2.16. The molecule has 1 heterocycles. The topological polar surface area (TPSA) is 100.0 Å². The molecule has 0 fully saturated rings. The fourth-order valence-corrected chi connectivity index (χ4v) is 1.20. The van der Waals surface area contributed by atoms with Crippen molar-refractivity contribution in [3.05, 3.63) is 34.5 Å². The Balaban J connectivity index is 2.77. The number of pyridine rings is 1. The molecule has 0 unspecified atom stereocenters. The fraction of sp³-hybridized carbons (Fsp3) is 0.455. The van der Waals surface area contributed by atoms with Crippen molar-refractivity contribution >= 4 is 11.8 Å². The van der Waals surface area contributed by atoms with Crippen molar-refractivity contribution < 1.29 is 9.53 Å². The molecule has 18 heavy (non-hydrogen) atoms. The Kier molecular flexibility index (Phi) is 4.51. The van der Waals surface area contributed by atoms with Gasteiger partial charge in [0.15, 0.2) is 0 Å². The molecule has 1 N–H and O–H groups in total. The molecule has 0 spiro atoms. The summed E-state index contributed by atoms with van der Waals surface area (Å²) in [5.41, 5.74) is 8.86. The largest absolute Gasteiger partial charge is 0.444 e. The van der Waals surface area contributed by atoms with Gasteiger partial charge in [-0.1, -0.05) is 5.11 Å². The molecule has 96 valence electrons. The molecule has 1 aromatic rings. The predicted octanol–water partition coefficient (Wildman–Crippen LogP) is 3.24. The number of carbonyl (C=O) groups excluding carboxylic acids is 1. The SMILES string of the molecule is CC(C)(C)OC(=O)Nc1ccncc1CN=[N+]=[N-]. The monoisotopic (exact) mass is 249 g/mol. The zero-order valence-corrected chi connectivity index (χ0v) is 10.5. The maximum absolute atomic E-state index is 11.6. The number of anilines is 1. The zero-order chi connectivity index (χ0) is 13.6. The third-order valence-electron chi connectivity index (χ3n) is 1.84. The van der Waals surface area contributed by atoms with Gasteiger partial charge in [-0.25, -0.2) is 4.79 Å². The smallest absolute Gasteiger partial charge is 0.412 e. The summed E-state index contributed by atoms with van der Waals surface area (Å²) in [7, 11) is 0. The molecular formula is C11H15N5O2. The molecule has 7 nitrogen and oxygen atoms in total. The van der Waals surface area contributed by atoms with Crippen molar-refractivity contribution in [2.45, 2.75) is 32.9 Å². The maximum Gasteiger partial charge on any atom is 0.412 e. The van der Waals surface area contributed by atoms with Crippen LogP contribution in [-0.4, -0.2) is 16.7 Å². The van der Waals surface area contributed by atoms with Gasteiger partial charge in [0.1, 0.15) is 5.60 Å². The molecule has 1 rings (SSSR count). The second-order valence-corrected chi connectivity index (χ2v) is 4.55. The van der Waals surface area contributed by atoms with Crippen molar-refractivity contribution in [2.75, 3.05) is 5.32 Å². The number of ether oxygens (including phenoxy) is 1. The lowest BCUT2D eigenvalue weighted by atomic mass is 10.2. The Labute approximate surface area is 105 Å². The summed E-state index contributed by atoms with van der Waals surface area (Å²) in [6, 6.07) is 1.62. The first kappa shape index (κ1) is 13.8. The second kappa shape index (κ2) is 5.88. The second-order valence-electron chi connectivity index (χ2n) is 4.55. The van der Waals surface area contributed by atoms with E-state index in [-0.39, 0.29) is 6.54 Å². The average molecular weight is 249 g/mol. The van der Waals surface area contributed by atoms with Crippen LogP contribution in [0.15, 0.2) is 23.6 Å². The minimum absolute atomic E-state index is 0.121. The Hall–Kier alpha value is -2.27. The van der Waals surface area contributed by atoms with Gasteiger partial charge in [0, 0.05) is 17.3 Å². The van der Waals surface area contributed by atoms with E-state index in [9.17, 15) is 4.79 Å². The normalized spacial score (nSPS) is 10.4. The lowest BCUT2D eigenvalue weighted by molar-refractivity contribution is 0.0636. The molecule has 0 bridgehead atoms. The number of hydrogen-bond donors (Lipinski definition) is 1. The highest BCUT2D eigenvalue weighted by molar-refractivity contribution is 5.85. The zero-order valence-electron chi connectivity index (χ0n) is 10.5. The van der Waals surface area contributed by atoms with E-state index in [4.69, 9.17) is 10.3 Å². The van der Waals surface area contributed by atoms with E-state index in [2.05, 4.69) is 20.3 Å². The molecule has 0 saturated carbocycles. The van der Waals surface area contributed by atoms with Gasteiger partial charge in [-0.05, 0) is 37.9 Å². The van der Waals surface area contributed by atoms with Gasteiger partial charge in [0.2, 0.25) is 0 Å². The summed E-state index contributed by atoms with van der Waals surface area (Å²) in [6.07, 6.45) is 2.50. The van der Waals surface area contributed by atoms with Crippen LogP contribution in [0.2, 0.25) is 0 Å². The van der Waals surface area contributed by atoms with E-state index in [1.54, 1.807) is 26.8 Å². The van der Waals surface area contributed by atoms with Gasteiger partial charge in [-0.2, -0.15) is 0 Å².